The average Bonchev–Trinajstić information content (AvgIpc) is 2.62. The molecule has 1 saturated carbocycles. The zero-order valence-electron chi connectivity index (χ0n) is 13.5. The first-order valence-corrected chi connectivity index (χ1v) is 9.42. The summed E-state index contributed by atoms with van der Waals surface area (Å²) < 4.78 is 6.60. The topological polar surface area (TPSA) is 32.8 Å². The van der Waals surface area contributed by atoms with E-state index in [0.717, 1.165) is 42.4 Å². The lowest BCUT2D eigenvalue weighted by atomic mass is 9.94. The summed E-state index contributed by atoms with van der Waals surface area (Å²) in [5, 5.41) is 0. The van der Waals surface area contributed by atoms with Crippen molar-refractivity contribution in [2.24, 2.45) is 0 Å². The summed E-state index contributed by atoms with van der Waals surface area (Å²) in [6.45, 7) is 3.81. The molecule has 126 valence electrons. The summed E-state index contributed by atoms with van der Waals surface area (Å²) in [6.07, 6.45) is 6.79. The summed E-state index contributed by atoms with van der Waals surface area (Å²) >= 11 is 3.39. The van der Waals surface area contributed by atoms with Crippen LogP contribution in [-0.2, 0) is 4.79 Å². The number of hydrogen-bond acceptors (Lipinski definition) is 3. The fraction of sp³-hybridized carbons (Fsp3) is 0.611. The van der Waals surface area contributed by atoms with Crippen LogP contribution in [0, 0.1) is 0 Å². The Morgan fingerprint density at radius 1 is 1.04 bits per heavy atom. The molecule has 1 saturated heterocycles. The van der Waals surface area contributed by atoms with E-state index in [2.05, 4.69) is 20.8 Å². The Morgan fingerprint density at radius 2 is 1.70 bits per heavy atom. The van der Waals surface area contributed by atoms with Gasteiger partial charge in [0.05, 0.1) is 0 Å². The number of carbonyl (C=O) groups excluding carboxylic acids is 1. The molecule has 23 heavy (non-hydrogen) atoms. The molecule has 0 bridgehead atoms. The zero-order chi connectivity index (χ0) is 16.1. The number of rotatable bonds is 4. The van der Waals surface area contributed by atoms with Crippen LogP contribution in [0.25, 0.3) is 0 Å². The largest absolute Gasteiger partial charge is 0.484 e. The Kier molecular flexibility index (Phi) is 5.95. The normalized spacial score (nSPS) is 20.5. The van der Waals surface area contributed by atoms with E-state index in [1.807, 2.05) is 29.2 Å². The Labute approximate surface area is 146 Å². The van der Waals surface area contributed by atoms with Crippen molar-refractivity contribution < 1.29 is 9.53 Å². The highest BCUT2D eigenvalue weighted by molar-refractivity contribution is 9.10. The second kappa shape index (κ2) is 8.15. The van der Waals surface area contributed by atoms with Crippen LogP contribution in [0.1, 0.15) is 32.1 Å². The van der Waals surface area contributed by atoms with E-state index in [0.29, 0.717) is 0 Å². The maximum absolute atomic E-state index is 12.3. The molecular weight excluding hydrogens is 356 g/mol. The van der Waals surface area contributed by atoms with Gasteiger partial charge in [-0.05, 0) is 37.1 Å². The van der Waals surface area contributed by atoms with E-state index in [1.165, 1.54) is 32.1 Å². The lowest BCUT2D eigenvalue weighted by molar-refractivity contribution is -0.135. The lowest BCUT2D eigenvalue weighted by Gasteiger charge is -2.40. The van der Waals surface area contributed by atoms with Gasteiger partial charge in [-0.15, -0.1) is 0 Å². The van der Waals surface area contributed by atoms with Crippen LogP contribution < -0.4 is 4.74 Å². The molecule has 1 aromatic rings. The Balaban J connectivity index is 1.41. The van der Waals surface area contributed by atoms with Gasteiger partial charge in [0.2, 0.25) is 0 Å². The van der Waals surface area contributed by atoms with Gasteiger partial charge in [0.25, 0.3) is 5.91 Å². The first-order valence-electron chi connectivity index (χ1n) is 8.62. The standard InChI is InChI=1S/C18H25BrN2O2/c19-15-6-8-17(9-7-15)23-14-18(22)21-12-10-20(11-13-21)16-4-2-1-3-5-16/h6-9,16H,1-5,10-14H2. The van der Waals surface area contributed by atoms with E-state index in [4.69, 9.17) is 4.74 Å². The molecule has 4 nitrogen and oxygen atoms in total. The molecule has 0 N–H and O–H groups in total. The smallest absolute Gasteiger partial charge is 0.260 e. The van der Waals surface area contributed by atoms with Crippen molar-refractivity contribution >= 4 is 21.8 Å². The van der Waals surface area contributed by atoms with Crippen molar-refractivity contribution in [3.8, 4) is 5.75 Å². The fourth-order valence-electron chi connectivity index (χ4n) is 3.55. The van der Waals surface area contributed by atoms with Gasteiger partial charge in [-0.3, -0.25) is 9.69 Å². The van der Waals surface area contributed by atoms with Gasteiger partial charge in [-0.2, -0.15) is 0 Å². The van der Waals surface area contributed by atoms with Crippen LogP contribution in [0.5, 0.6) is 5.75 Å². The zero-order valence-corrected chi connectivity index (χ0v) is 15.1. The molecule has 0 atom stereocenters. The van der Waals surface area contributed by atoms with E-state index in [1.54, 1.807) is 0 Å². The minimum absolute atomic E-state index is 0.0937. The van der Waals surface area contributed by atoms with Gasteiger partial charge in [-0.25, -0.2) is 0 Å². The second-order valence-electron chi connectivity index (χ2n) is 6.45. The summed E-state index contributed by atoms with van der Waals surface area (Å²) in [5.74, 6) is 0.832. The maximum Gasteiger partial charge on any atom is 0.260 e. The molecular formula is C18H25BrN2O2. The minimum atomic E-state index is 0.0937. The SMILES string of the molecule is O=C(COc1ccc(Br)cc1)N1CCN(C2CCCCC2)CC1. The van der Waals surface area contributed by atoms with Crippen molar-refractivity contribution in [2.45, 2.75) is 38.1 Å². The van der Waals surface area contributed by atoms with Crippen LogP contribution in [0.15, 0.2) is 28.7 Å². The number of ether oxygens (including phenoxy) is 1. The summed E-state index contributed by atoms with van der Waals surface area (Å²) in [4.78, 5) is 16.8. The quantitative estimate of drug-likeness (QED) is 0.802. The molecule has 1 aliphatic carbocycles. The highest BCUT2D eigenvalue weighted by Gasteiger charge is 2.27. The first-order chi connectivity index (χ1) is 11.2. The highest BCUT2D eigenvalue weighted by atomic mass is 79.9. The third kappa shape index (κ3) is 4.70. The van der Waals surface area contributed by atoms with Gasteiger partial charge >= 0.3 is 0 Å². The molecule has 1 aromatic carbocycles. The third-order valence-corrected chi connectivity index (χ3v) is 5.46. The number of nitrogens with zero attached hydrogens (tertiary/aromatic N) is 2. The van der Waals surface area contributed by atoms with E-state index < -0.39 is 0 Å². The van der Waals surface area contributed by atoms with Crippen molar-refractivity contribution in [2.75, 3.05) is 32.8 Å². The second-order valence-corrected chi connectivity index (χ2v) is 7.37. The van der Waals surface area contributed by atoms with E-state index in [-0.39, 0.29) is 12.5 Å². The molecule has 0 spiro atoms. The molecule has 1 heterocycles. The van der Waals surface area contributed by atoms with Crippen molar-refractivity contribution in [1.82, 2.24) is 9.80 Å². The Morgan fingerprint density at radius 3 is 2.35 bits per heavy atom. The lowest BCUT2D eigenvalue weighted by Crippen LogP contribution is -2.53. The van der Waals surface area contributed by atoms with E-state index in [9.17, 15) is 4.79 Å². The van der Waals surface area contributed by atoms with Gasteiger partial charge in [0, 0.05) is 36.7 Å². The number of halogens is 1. The van der Waals surface area contributed by atoms with Crippen LogP contribution in [0.4, 0.5) is 0 Å². The molecule has 0 radical (unpaired) electrons. The number of piperazine rings is 1. The number of carbonyl (C=O) groups is 1. The molecule has 0 unspecified atom stereocenters. The monoisotopic (exact) mass is 380 g/mol. The highest BCUT2D eigenvalue weighted by Crippen LogP contribution is 2.23. The molecule has 5 heteroatoms. The number of hydrogen-bond donors (Lipinski definition) is 0. The van der Waals surface area contributed by atoms with Crippen LogP contribution in [0.2, 0.25) is 0 Å². The van der Waals surface area contributed by atoms with Crippen LogP contribution >= 0.6 is 15.9 Å². The Bertz CT molecular complexity index is 506. The van der Waals surface area contributed by atoms with Gasteiger partial charge in [0.15, 0.2) is 6.61 Å². The molecule has 1 amide bonds. The summed E-state index contributed by atoms with van der Waals surface area (Å²) in [5.41, 5.74) is 0. The molecule has 0 aromatic heterocycles. The van der Waals surface area contributed by atoms with Crippen LogP contribution in [0.3, 0.4) is 0 Å². The van der Waals surface area contributed by atoms with E-state index >= 15 is 0 Å². The molecule has 2 fully saturated rings. The number of amides is 1. The summed E-state index contributed by atoms with van der Waals surface area (Å²) in [6, 6.07) is 8.34. The van der Waals surface area contributed by atoms with Crippen LogP contribution in [-0.4, -0.2) is 54.5 Å². The average molecular weight is 381 g/mol. The predicted octanol–water partition coefficient (Wildman–Crippen LogP) is 3.30. The van der Waals surface area contributed by atoms with Crippen molar-refractivity contribution in [3.63, 3.8) is 0 Å². The molecule has 1 aliphatic heterocycles. The number of benzene rings is 1. The third-order valence-electron chi connectivity index (χ3n) is 4.93. The van der Waals surface area contributed by atoms with Gasteiger partial charge in [0.1, 0.15) is 5.75 Å². The maximum atomic E-state index is 12.3. The molecule has 3 rings (SSSR count). The predicted molar refractivity (Wildman–Crippen MR) is 94.7 cm³/mol. The van der Waals surface area contributed by atoms with Gasteiger partial charge < -0.3 is 9.64 Å². The Hall–Kier alpha value is -1.07. The van der Waals surface area contributed by atoms with Gasteiger partial charge in [-0.1, -0.05) is 35.2 Å². The summed E-state index contributed by atoms with van der Waals surface area (Å²) in [7, 11) is 0. The van der Waals surface area contributed by atoms with Crippen molar-refractivity contribution in [1.29, 1.82) is 0 Å². The minimum Gasteiger partial charge on any atom is -0.484 e. The van der Waals surface area contributed by atoms with Crippen molar-refractivity contribution in [3.05, 3.63) is 28.7 Å². The molecule has 2 aliphatic rings. The first kappa shape index (κ1) is 16.8. The fourth-order valence-corrected chi connectivity index (χ4v) is 3.81.